The summed E-state index contributed by atoms with van der Waals surface area (Å²) in [6.45, 7) is 8.36. The third-order valence-corrected chi connectivity index (χ3v) is 6.53. The van der Waals surface area contributed by atoms with E-state index in [0.717, 1.165) is 49.5 Å². The van der Waals surface area contributed by atoms with Crippen molar-refractivity contribution in [2.75, 3.05) is 36.8 Å². The van der Waals surface area contributed by atoms with Crippen molar-refractivity contribution in [1.29, 1.82) is 0 Å². The van der Waals surface area contributed by atoms with Crippen LogP contribution >= 0.6 is 11.8 Å². The first-order chi connectivity index (χ1) is 15.6. The van der Waals surface area contributed by atoms with Gasteiger partial charge in [0.15, 0.2) is 11.0 Å². The Hall–Kier alpha value is -3.00. The van der Waals surface area contributed by atoms with Gasteiger partial charge in [-0.25, -0.2) is 0 Å². The Morgan fingerprint density at radius 1 is 1.00 bits per heavy atom. The molecule has 0 aliphatic carbocycles. The van der Waals surface area contributed by atoms with Crippen LogP contribution in [0, 0.1) is 6.92 Å². The third-order valence-electron chi connectivity index (χ3n) is 5.58. The number of piperazine rings is 1. The zero-order chi connectivity index (χ0) is 22.3. The highest BCUT2D eigenvalue weighted by Gasteiger charge is 2.22. The maximum absolute atomic E-state index is 12.8. The van der Waals surface area contributed by atoms with Crippen molar-refractivity contribution in [3.63, 3.8) is 0 Å². The van der Waals surface area contributed by atoms with E-state index >= 15 is 0 Å². The average Bonchev–Trinajstić information content (AvgIpc) is 3.24. The molecular formula is C24H29N5O2S. The summed E-state index contributed by atoms with van der Waals surface area (Å²) < 4.78 is 7.87. The smallest absolute Gasteiger partial charge is 0.233 e. The first kappa shape index (κ1) is 22.2. The Labute approximate surface area is 193 Å². The Morgan fingerprint density at radius 2 is 1.72 bits per heavy atom. The Bertz CT molecular complexity index is 1010. The van der Waals surface area contributed by atoms with Gasteiger partial charge >= 0.3 is 0 Å². The molecule has 168 valence electrons. The monoisotopic (exact) mass is 451 g/mol. The Morgan fingerprint density at radius 3 is 2.41 bits per heavy atom. The lowest BCUT2D eigenvalue weighted by Gasteiger charge is -2.36. The molecule has 0 spiro atoms. The molecule has 0 atom stereocenters. The van der Waals surface area contributed by atoms with Gasteiger partial charge in [0.25, 0.3) is 0 Å². The number of ether oxygens (including phenoxy) is 1. The fourth-order valence-corrected chi connectivity index (χ4v) is 4.63. The number of benzene rings is 2. The van der Waals surface area contributed by atoms with Gasteiger partial charge in [-0.15, -0.1) is 10.2 Å². The van der Waals surface area contributed by atoms with Gasteiger partial charge in [0.05, 0.1) is 5.75 Å². The lowest BCUT2D eigenvalue weighted by Crippen LogP contribution is -2.49. The van der Waals surface area contributed by atoms with E-state index in [1.165, 1.54) is 23.0 Å². The second-order valence-electron chi connectivity index (χ2n) is 7.74. The van der Waals surface area contributed by atoms with Crippen molar-refractivity contribution < 1.29 is 9.53 Å². The molecule has 1 saturated heterocycles. The first-order valence-electron chi connectivity index (χ1n) is 11.0. The van der Waals surface area contributed by atoms with Gasteiger partial charge in [-0.05, 0) is 38.1 Å². The lowest BCUT2D eigenvalue weighted by atomic mass is 10.2. The molecule has 0 bridgehead atoms. The van der Waals surface area contributed by atoms with Gasteiger partial charge in [0.2, 0.25) is 5.91 Å². The summed E-state index contributed by atoms with van der Waals surface area (Å²) in [6, 6.07) is 18.3. The number of anilines is 1. The van der Waals surface area contributed by atoms with E-state index in [1.54, 1.807) is 0 Å². The summed E-state index contributed by atoms with van der Waals surface area (Å²) >= 11 is 1.44. The van der Waals surface area contributed by atoms with Crippen LogP contribution in [0.5, 0.6) is 5.75 Å². The molecular weight excluding hydrogens is 422 g/mol. The van der Waals surface area contributed by atoms with Gasteiger partial charge in [-0.2, -0.15) is 0 Å². The minimum Gasteiger partial charge on any atom is -0.486 e. The number of carbonyl (C=O) groups excluding carboxylic acids is 1. The molecule has 2 aromatic carbocycles. The van der Waals surface area contributed by atoms with E-state index in [-0.39, 0.29) is 5.91 Å². The van der Waals surface area contributed by atoms with Crippen molar-refractivity contribution in [1.82, 2.24) is 19.7 Å². The molecule has 1 amide bonds. The predicted molar refractivity (Wildman–Crippen MR) is 127 cm³/mol. The molecule has 1 aromatic heterocycles. The molecule has 0 N–H and O–H groups in total. The highest BCUT2D eigenvalue weighted by Crippen LogP contribution is 2.21. The molecule has 1 aliphatic rings. The molecule has 0 saturated carbocycles. The molecule has 2 heterocycles. The fraction of sp³-hybridized carbons (Fsp3) is 0.375. The number of para-hydroxylation sites is 1. The van der Waals surface area contributed by atoms with Crippen LogP contribution in [0.3, 0.4) is 0 Å². The maximum Gasteiger partial charge on any atom is 0.233 e. The largest absolute Gasteiger partial charge is 0.486 e. The normalized spacial score (nSPS) is 13.9. The standard InChI is InChI=1S/C24H29N5O2S/c1-3-29-22(17-31-21-11-9-19(2)10-12-21)25-26-24(29)32-18-23(30)28-15-13-27(14-16-28)20-7-5-4-6-8-20/h4-12H,3,13-18H2,1-2H3. The topological polar surface area (TPSA) is 63.5 Å². The Kier molecular flexibility index (Phi) is 7.32. The van der Waals surface area contributed by atoms with Crippen LogP contribution in [0.1, 0.15) is 18.3 Å². The van der Waals surface area contributed by atoms with Crippen LogP contribution in [-0.4, -0.2) is 57.5 Å². The van der Waals surface area contributed by atoms with Gasteiger partial charge in [0.1, 0.15) is 12.4 Å². The van der Waals surface area contributed by atoms with Crippen LogP contribution in [0.25, 0.3) is 0 Å². The minimum absolute atomic E-state index is 0.144. The number of amides is 1. The van der Waals surface area contributed by atoms with Crippen molar-refractivity contribution in [3.8, 4) is 5.75 Å². The SMILES string of the molecule is CCn1c(COc2ccc(C)cc2)nnc1SCC(=O)N1CCN(c2ccccc2)CC1. The number of rotatable bonds is 8. The van der Waals surface area contributed by atoms with Crippen LogP contribution in [0.2, 0.25) is 0 Å². The maximum atomic E-state index is 12.8. The van der Waals surface area contributed by atoms with E-state index in [0.29, 0.717) is 12.4 Å². The van der Waals surface area contributed by atoms with Gasteiger partial charge < -0.3 is 19.1 Å². The number of hydrogen-bond donors (Lipinski definition) is 0. The van der Waals surface area contributed by atoms with E-state index < -0.39 is 0 Å². The van der Waals surface area contributed by atoms with Crippen LogP contribution in [0.15, 0.2) is 59.8 Å². The predicted octanol–water partition coefficient (Wildman–Crippen LogP) is 3.63. The van der Waals surface area contributed by atoms with E-state index in [1.807, 2.05) is 65.8 Å². The number of aromatic nitrogens is 3. The highest BCUT2D eigenvalue weighted by atomic mass is 32.2. The summed E-state index contributed by atoms with van der Waals surface area (Å²) in [5, 5.41) is 9.34. The summed E-state index contributed by atoms with van der Waals surface area (Å²) in [5.74, 6) is 2.08. The molecule has 1 fully saturated rings. The second-order valence-corrected chi connectivity index (χ2v) is 8.68. The van der Waals surface area contributed by atoms with Crippen molar-refractivity contribution in [2.45, 2.75) is 32.2 Å². The van der Waals surface area contributed by atoms with E-state index in [4.69, 9.17) is 4.74 Å². The Balaban J connectivity index is 1.28. The molecule has 0 radical (unpaired) electrons. The summed E-state index contributed by atoms with van der Waals surface area (Å²) in [7, 11) is 0. The van der Waals surface area contributed by atoms with Gasteiger partial charge in [-0.3, -0.25) is 4.79 Å². The summed E-state index contributed by atoms with van der Waals surface area (Å²) in [4.78, 5) is 17.0. The number of thioether (sulfide) groups is 1. The van der Waals surface area contributed by atoms with E-state index in [2.05, 4.69) is 27.2 Å². The van der Waals surface area contributed by atoms with Crippen LogP contribution in [0.4, 0.5) is 5.69 Å². The van der Waals surface area contributed by atoms with Crippen LogP contribution < -0.4 is 9.64 Å². The molecule has 8 heteroatoms. The zero-order valence-corrected chi connectivity index (χ0v) is 19.4. The fourth-order valence-electron chi connectivity index (χ4n) is 3.70. The highest BCUT2D eigenvalue weighted by molar-refractivity contribution is 7.99. The van der Waals surface area contributed by atoms with Crippen LogP contribution in [-0.2, 0) is 17.9 Å². The van der Waals surface area contributed by atoms with Crippen molar-refractivity contribution in [2.24, 2.45) is 0 Å². The zero-order valence-electron chi connectivity index (χ0n) is 18.6. The van der Waals surface area contributed by atoms with Gasteiger partial charge in [-0.1, -0.05) is 47.7 Å². The second kappa shape index (κ2) is 10.5. The quantitative estimate of drug-likeness (QED) is 0.488. The summed E-state index contributed by atoms with van der Waals surface area (Å²) in [5.41, 5.74) is 2.41. The number of nitrogens with zero attached hydrogens (tertiary/aromatic N) is 5. The number of aryl methyl sites for hydroxylation is 1. The molecule has 4 rings (SSSR count). The van der Waals surface area contributed by atoms with Crippen molar-refractivity contribution in [3.05, 3.63) is 66.0 Å². The lowest BCUT2D eigenvalue weighted by molar-refractivity contribution is -0.128. The third kappa shape index (κ3) is 5.43. The average molecular weight is 452 g/mol. The first-order valence-corrected chi connectivity index (χ1v) is 11.9. The minimum atomic E-state index is 0.144. The molecule has 7 nitrogen and oxygen atoms in total. The van der Waals surface area contributed by atoms with E-state index in [9.17, 15) is 4.79 Å². The molecule has 3 aromatic rings. The van der Waals surface area contributed by atoms with Gasteiger partial charge in [0, 0.05) is 38.4 Å². The van der Waals surface area contributed by atoms with Crippen molar-refractivity contribution >= 4 is 23.4 Å². The molecule has 32 heavy (non-hydrogen) atoms. The number of carbonyl (C=O) groups is 1. The molecule has 0 unspecified atom stereocenters. The summed E-state index contributed by atoms with van der Waals surface area (Å²) in [6.07, 6.45) is 0. The number of hydrogen-bond acceptors (Lipinski definition) is 6. The molecule has 1 aliphatic heterocycles.